The largest absolute Gasteiger partial charge is 0.479 e. The van der Waals surface area contributed by atoms with Gasteiger partial charge in [0.1, 0.15) is 0 Å². The number of benzene rings is 1. The van der Waals surface area contributed by atoms with Crippen molar-refractivity contribution in [2.45, 2.75) is 6.04 Å². The molecule has 1 aromatic heterocycles. The highest BCUT2D eigenvalue weighted by Crippen LogP contribution is 2.27. The summed E-state index contributed by atoms with van der Waals surface area (Å²) < 4.78 is 0. The molecule has 1 N–H and O–H groups in total. The van der Waals surface area contributed by atoms with Crippen molar-refractivity contribution in [2.75, 3.05) is 11.9 Å². The average Bonchev–Trinajstić information content (AvgIpc) is 2.83. The molecule has 0 aliphatic heterocycles. The van der Waals surface area contributed by atoms with E-state index in [2.05, 4.69) is 0 Å². The molecule has 0 aliphatic carbocycles. The molecule has 17 heavy (non-hydrogen) atoms. The molecule has 1 heterocycles. The number of anilines is 1. The normalized spacial score (nSPS) is 12.1. The molecule has 0 bridgehead atoms. The molecular formula is C13H13NO2S. The van der Waals surface area contributed by atoms with Gasteiger partial charge in [0.25, 0.3) is 0 Å². The lowest BCUT2D eigenvalue weighted by Gasteiger charge is -2.26. The topological polar surface area (TPSA) is 40.5 Å². The van der Waals surface area contributed by atoms with Crippen molar-refractivity contribution in [3.05, 3.63) is 52.7 Å². The second-order valence-corrected chi connectivity index (χ2v) is 4.52. The third-order valence-electron chi connectivity index (χ3n) is 2.64. The van der Waals surface area contributed by atoms with E-state index >= 15 is 0 Å². The molecule has 0 amide bonds. The Morgan fingerprint density at radius 3 is 2.53 bits per heavy atom. The SMILES string of the molecule is CN(c1ccccc1)C(C(=O)O)c1ccsc1. The summed E-state index contributed by atoms with van der Waals surface area (Å²) in [5, 5.41) is 13.1. The summed E-state index contributed by atoms with van der Waals surface area (Å²) in [6.45, 7) is 0. The zero-order valence-electron chi connectivity index (χ0n) is 9.41. The van der Waals surface area contributed by atoms with Crippen molar-refractivity contribution in [2.24, 2.45) is 0 Å². The Balaban J connectivity index is 2.32. The average molecular weight is 247 g/mol. The van der Waals surface area contributed by atoms with Gasteiger partial charge in [-0.05, 0) is 34.5 Å². The van der Waals surface area contributed by atoms with Crippen LogP contribution in [0.2, 0.25) is 0 Å². The lowest BCUT2D eigenvalue weighted by molar-refractivity contribution is -0.138. The van der Waals surface area contributed by atoms with Gasteiger partial charge >= 0.3 is 5.97 Å². The van der Waals surface area contributed by atoms with Crippen LogP contribution in [-0.2, 0) is 4.79 Å². The van der Waals surface area contributed by atoms with Crippen LogP contribution in [0.25, 0.3) is 0 Å². The molecule has 0 aliphatic rings. The minimum absolute atomic E-state index is 0.636. The highest BCUT2D eigenvalue weighted by atomic mass is 32.1. The molecule has 0 spiro atoms. The Morgan fingerprint density at radius 2 is 2.00 bits per heavy atom. The maximum atomic E-state index is 11.4. The van der Waals surface area contributed by atoms with Gasteiger partial charge in [-0.1, -0.05) is 18.2 Å². The van der Waals surface area contributed by atoms with Crippen LogP contribution in [0.5, 0.6) is 0 Å². The zero-order chi connectivity index (χ0) is 12.3. The first-order valence-corrected chi connectivity index (χ1v) is 6.17. The van der Waals surface area contributed by atoms with Crippen LogP contribution >= 0.6 is 11.3 Å². The fraction of sp³-hybridized carbons (Fsp3) is 0.154. The first-order valence-electron chi connectivity index (χ1n) is 5.23. The molecule has 0 radical (unpaired) electrons. The van der Waals surface area contributed by atoms with E-state index in [9.17, 15) is 9.90 Å². The Hall–Kier alpha value is -1.81. The van der Waals surface area contributed by atoms with Crippen LogP contribution in [0.1, 0.15) is 11.6 Å². The van der Waals surface area contributed by atoms with E-state index in [1.54, 1.807) is 11.9 Å². The van der Waals surface area contributed by atoms with Gasteiger partial charge in [0, 0.05) is 12.7 Å². The van der Waals surface area contributed by atoms with Crippen molar-refractivity contribution in [3.63, 3.8) is 0 Å². The smallest absolute Gasteiger partial charge is 0.331 e. The van der Waals surface area contributed by atoms with E-state index in [1.807, 2.05) is 47.2 Å². The lowest BCUT2D eigenvalue weighted by atomic mass is 10.1. The van der Waals surface area contributed by atoms with E-state index in [4.69, 9.17) is 0 Å². The highest BCUT2D eigenvalue weighted by molar-refractivity contribution is 7.08. The van der Waals surface area contributed by atoms with Crippen LogP contribution in [0.4, 0.5) is 5.69 Å². The second kappa shape index (κ2) is 5.01. The number of nitrogens with zero attached hydrogens (tertiary/aromatic N) is 1. The summed E-state index contributed by atoms with van der Waals surface area (Å²) in [6.07, 6.45) is 0. The minimum Gasteiger partial charge on any atom is -0.479 e. The summed E-state index contributed by atoms with van der Waals surface area (Å²) in [7, 11) is 1.80. The third kappa shape index (κ3) is 2.47. The van der Waals surface area contributed by atoms with Gasteiger partial charge in [-0.15, -0.1) is 0 Å². The van der Waals surface area contributed by atoms with Crippen molar-refractivity contribution >= 4 is 23.0 Å². The zero-order valence-corrected chi connectivity index (χ0v) is 10.2. The molecular weight excluding hydrogens is 234 g/mol. The third-order valence-corrected chi connectivity index (χ3v) is 3.35. The van der Waals surface area contributed by atoms with Crippen molar-refractivity contribution in [3.8, 4) is 0 Å². The maximum absolute atomic E-state index is 11.4. The number of rotatable bonds is 4. The first kappa shape index (κ1) is 11.7. The monoisotopic (exact) mass is 247 g/mol. The van der Waals surface area contributed by atoms with Gasteiger partial charge < -0.3 is 10.0 Å². The molecule has 88 valence electrons. The quantitative estimate of drug-likeness (QED) is 0.902. The Labute approximate surface area is 104 Å². The predicted molar refractivity (Wildman–Crippen MR) is 69.5 cm³/mol. The van der Waals surface area contributed by atoms with Crippen LogP contribution in [0.15, 0.2) is 47.2 Å². The fourth-order valence-electron chi connectivity index (χ4n) is 1.77. The number of hydrogen-bond acceptors (Lipinski definition) is 3. The molecule has 0 fully saturated rings. The van der Waals surface area contributed by atoms with E-state index < -0.39 is 12.0 Å². The van der Waals surface area contributed by atoms with Gasteiger partial charge in [0.2, 0.25) is 0 Å². The second-order valence-electron chi connectivity index (χ2n) is 3.74. The first-order chi connectivity index (χ1) is 8.20. The Kier molecular flexibility index (Phi) is 3.44. The standard InChI is InChI=1S/C13H13NO2S/c1-14(11-5-3-2-4-6-11)12(13(15)16)10-7-8-17-9-10/h2-9,12H,1H3,(H,15,16). The summed E-state index contributed by atoms with van der Waals surface area (Å²) in [5.74, 6) is -0.838. The van der Waals surface area contributed by atoms with Crippen molar-refractivity contribution in [1.29, 1.82) is 0 Å². The number of para-hydroxylation sites is 1. The Bertz CT molecular complexity index is 481. The fourth-order valence-corrected chi connectivity index (χ4v) is 2.45. The summed E-state index contributed by atoms with van der Waals surface area (Å²) in [5.41, 5.74) is 1.71. The van der Waals surface area contributed by atoms with Crippen LogP contribution in [0.3, 0.4) is 0 Å². The lowest BCUT2D eigenvalue weighted by Crippen LogP contribution is -2.30. The van der Waals surface area contributed by atoms with E-state index in [0.717, 1.165) is 11.3 Å². The Morgan fingerprint density at radius 1 is 1.29 bits per heavy atom. The van der Waals surface area contributed by atoms with E-state index in [-0.39, 0.29) is 0 Å². The van der Waals surface area contributed by atoms with Crippen LogP contribution < -0.4 is 4.90 Å². The molecule has 1 unspecified atom stereocenters. The molecule has 2 rings (SSSR count). The summed E-state index contributed by atoms with van der Waals surface area (Å²) in [4.78, 5) is 13.1. The van der Waals surface area contributed by atoms with Gasteiger partial charge in [-0.2, -0.15) is 11.3 Å². The molecule has 3 nitrogen and oxygen atoms in total. The number of likely N-dealkylation sites (N-methyl/N-ethyl adjacent to an activating group) is 1. The number of thiophene rings is 1. The number of carboxylic acid groups (broad SMARTS) is 1. The van der Waals surface area contributed by atoms with Gasteiger partial charge in [-0.25, -0.2) is 4.79 Å². The predicted octanol–water partition coefficient (Wildman–Crippen LogP) is 3.01. The molecule has 1 aromatic carbocycles. The van der Waals surface area contributed by atoms with Gasteiger partial charge in [0.15, 0.2) is 6.04 Å². The maximum Gasteiger partial charge on any atom is 0.331 e. The number of carbonyl (C=O) groups is 1. The van der Waals surface area contributed by atoms with Gasteiger partial charge in [-0.3, -0.25) is 0 Å². The van der Waals surface area contributed by atoms with Gasteiger partial charge in [0.05, 0.1) is 0 Å². The number of hydrogen-bond donors (Lipinski definition) is 1. The van der Waals surface area contributed by atoms with Crippen LogP contribution in [0, 0.1) is 0 Å². The molecule has 4 heteroatoms. The van der Waals surface area contributed by atoms with E-state index in [1.165, 1.54) is 11.3 Å². The molecule has 0 saturated heterocycles. The number of aliphatic carboxylic acids is 1. The van der Waals surface area contributed by atoms with E-state index in [0.29, 0.717) is 0 Å². The summed E-state index contributed by atoms with van der Waals surface area (Å²) in [6, 6.07) is 10.7. The number of carboxylic acids is 1. The highest BCUT2D eigenvalue weighted by Gasteiger charge is 2.25. The molecule has 0 saturated carbocycles. The van der Waals surface area contributed by atoms with Crippen LogP contribution in [-0.4, -0.2) is 18.1 Å². The molecule has 1 atom stereocenters. The minimum atomic E-state index is -0.838. The molecule has 2 aromatic rings. The van der Waals surface area contributed by atoms with Crippen molar-refractivity contribution < 1.29 is 9.90 Å². The van der Waals surface area contributed by atoms with Crippen molar-refractivity contribution in [1.82, 2.24) is 0 Å². The summed E-state index contributed by atoms with van der Waals surface area (Å²) >= 11 is 1.51.